The molecule has 0 rings (SSSR count). The highest BCUT2D eigenvalue weighted by atomic mass is 16.6. The van der Waals surface area contributed by atoms with Crippen molar-refractivity contribution in [1.29, 1.82) is 0 Å². The first kappa shape index (κ1) is 66.5. The molecule has 0 fully saturated rings. The highest BCUT2D eigenvalue weighted by Crippen LogP contribution is 2.15. The highest BCUT2D eigenvalue weighted by Gasteiger charge is 2.31. The summed E-state index contributed by atoms with van der Waals surface area (Å²) in [6.45, 7) is 4.61. The number of unbranched alkanes of at least 4 members (excludes halogenated alkanes) is 23. The van der Waals surface area contributed by atoms with E-state index in [1.807, 2.05) is 21.1 Å². The number of ether oxygens (including phenoxy) is 3. The first-order valence-corrected chi connectivity index (χ1v) is 28.6. The number of carboxylic acid groups (broad SMARTS) is 1. The monoisotopic (exact) mass is 979 g/mol. The van der Waals surface area contributed by atoms with Gasteiger partial charge in [0.1, 0.15) is 6.61 Å². The van der Waals surface area contributed by atoms with Crippen LogP contribution in [0, 0.1) is 0 Å². The van der Waals surface area contributed by atoms with E-state index in [-0.39, 0.29) is 36.2 Å². The van der Waals surface area contributed by atoms with Gasteiger partial charge in [-0.3, -0.25) is 9.59 Å². The largest absolute Gasteiger partial charge is 0.477 e. The van der Waals surface area contributed by atoms with Crippen LogP contribution in [0.3, 0.4) is 0 Å². The molecule has 0 amide bonds. The van der Waals surface area contributed by atoms with Crippen LogP contribution in [0.4, 0.5) is 0 Å². The maximum Gasteiger partial charge on any atom is 0.362 e. The van der Waals surface area contributed by atoms with Crippen LogP contribution in [0.15, 0.2) is 85.1 Å². The Hall–Kier alpha value is -3.49. The van der Waals surface area contributed by atoms with E-state index < -0.39 is 18.1 Å². The molecule has 0 aromatic carbocycles. The van der Waals surface area contributed by atoms with E-state index in [2.05, 4.69) is 98.9 Å². The Kier molecular flexibility index (Phi) is 49.3. The second-order valence-corrected chi connectivity index (χ2v) is 20.2. The number of carboxylic acids is 1. The third kappa shape index (κ3) is 49.5. The fourth-order valence-corrected chi connectivity index (χ4v) is 8.15. The predicted molar refractivity (Wildman–Crippen MR) is 298 cm³/mol. The molecule has 0 aliphatic heterocycles. The van der Waals surface area contributed by atoms with Gasteiger partial charge in [-0.25, -0.2) is 4.79 Å². The molecule has 0 radical (unpaired) electrons. The number of esters is 2. The summed E-state index contributed by atoms with van der Waals surface area (Å²) in [7, 11) is 5.53. The minimum absolute atomic E-state index is 0.0473. The lowest BCUT2D eigenvalue weighted by molar-refractivity contribution is -0.887. The summed E-state index contributed by atoms with van der Waals surface area (Å²) < 4.78 is 17.4. The van der Waals surface area contributed by atoms with Gasteiger partial charge in [0.05, 0.1) is 34.4 Å². The normalized spacial score (nSPS) is 13.4. The zero-order valence-electron chi connectivity index (χ0n) is 46.0. The van der Waals surface area contributed by atoms with E-state index in [0.29, 0.717) is 19.3 Å². The van der Waals surface area contributed by atoms with Crippen LogP contribution in [0.5, 0.6) is 0 Å². The van der Waals surface area contributed by atoms with Gasteiger partial charge in [0, 0.05) is 19.3 Å². The van der Waals surface area contributed by atoms with Crippen LogP contribution in [-0.2, 0) is 28.6 Å². The van der Waals surface area contributed by atoms with Crippen LogP contribution < -0.4 is 0 Å². The molecule has 0 aromatic rings. The first-order chi connectivity index (χ1) is 34.1. The van der Waals surface area contributed by atoms with E-state index >= 15 is 0 Å². The van der Waals surface area contributed by atoms with Gasteiger partial charge in [-0.2, -0.15) is 0 Å². The van der Waals surface area contributed by atoms with Crippen molar-refractivity contribution in [2.45, 2.75) is 251 Å². The minimum Gasteiger partial charge on any atom is -0.477 e. The molecule has 2 atom stereocenters. The third-order valence-electron chi connectivity index (χ3n) is 12.5. The average molecular weight is 980 g/mol. The number of carbonyl (C=O) groups is 3. The standard InChI is InChI=1S/C62H107NO7/c1-6-8-10-12-14-16-18-20-22-24-26-28-30-32-34-36-38-40-42-44-46-48-50-52-60(64)69-57-58(56-68-55-54-59(62(66)67)63(3,4)5)70-61(65)53-51-49-47-45-43-41-39-37-35-33-31-29-27-25-23-21-19-17-15-13-11-9-7-2/h8,10,14,16,20,22,26,28,32-35,38,40,58-59H,6-7,9,11-13,15,17-19,21,23-25,27,29-31,36-37,39,41-57H2,1-5H3/p+1/b10-8+,16-14+,22-20+,28-26+,34-32+,35-33+,40-38+. The molecule has 70 heavy (non-hydrogen) atoms. The van der Waals surface area contributed by atoms with E-state index in [4.69, 9.17) is 14.2 Å². The summed E-state index contributed by atoms with van der Waals surface area (Å²) in [4.78, 5) is 37.3. The van der Waals surface area contributed by atoms with Gasteiger partial charge in [0.2, 0.25) is 0 Å². The summed E-state index contributed by atoms with van der Waals surface area (Å²) in [6, 6.07) is -0.625. The molecule has 2 unspecified atom stereocenters. The number of rotatable bonds is 51. The molecule has 0 heterocycles. The number of likely N-dealkylation sites (N-methyl/N-ethyl adjacent to an activating group) is 1. The third-order valence-corrected chi connectivity index (χ3v) is 12.5. The second kappa shape index (κ2) is 51.9. The lowest BCUT2D eigenvalue weighted by Gasteiger charge is -2.31. The molecule has 1 N–H and O–H groups in total. The second-order valence-electron chi connectivity index (χ2n) is 20.2. The lowest BCUT2D eigenvalue weighted by atomic mass is 10.0. The fraction of sp³-hybridized carbons (Fsp3) is 0.726. The number of carbonyl (C=O) groups excluding carboxylic acids is 2. The van der Waals surface area contributed by atoms with Crippen molar-refractivity contribution in [3.63, 3.8) is 0 Å². The van der Waals surface area contributed by atoms with Crippen LogP contribution in [-0.4, -0.2) is 80.6 Å². The first-order valence-electron chi connectivity index (χ1n) is 28.6. The van der Waals surface area contributed by atoms with Crippen LogP contribution in [0.1, 0.15) is 239 Å². The van der Waals surface area contributed by atoms with Gasteiger partial charge in [0.25, 0.3) is 0 Å². The van der Waals surface area contributed by atoms with Gasteiger partial charge in [-0.15, -0.1) is 0 Å². The molecule has 8 heteroatoms. The minimum atomic E-state index is -0.880. The van der Waals surface area contributed by atoms with Crippen LogP contribution >= 0.6 is 0 Å². The predicted octanol–water partition coefficient (Wildman–Crippen LogP) is 17.2. The highest BCUT2D eigenvalue weighted by molar-refractivity contribution is 5.72. The molecule has 0 aromatic heterocycles. The Bertz CT molecular complexity index is 1420. The van der Waals surface area contributed by atoms with E-state index in [9.17, 15) is 19.5 Å². The molecule has 402 valence electrons. The zero-order chi connectivity index (χ0) is 51.3. The molecule has 0 bridgehead atoms. The molecule has 0 aliphatic carbocycles. The maximum absolute atomic E-state index is 12.8. The maximum atomic E-state index is 12.8. The summed E-state index contributed by atoms with van der Waals surface area (Å²) in [6.07, 6.45) is 69.3. The zero-order valence-corrected chi connectivity index (χ0v) is 46.0. The molecular weight excluding hydrogens is 871 g/mol. The van der Waals surface area contributed by atoms with Crippen molar-refractivity contribution in [3.8, 4) is 0 Å². The van der Waals surface area contributed by atoms with Crippen molar-refractivity contribution in [3.05, 3.63) is 85.1 Å². The Morgan fingerprint density at radius 2 is 0.800 bits per heavy atom. The van der Waals surface area contributed by atoms with Gasteiger partial charge in [-0.05, 0) is 89.9 Å². The van der Waals surface area contributed by atoms with E-state index in [1.54, 1.807) is 0 Å². The summed E-state index contributed by atoms with van der Waals surface area (Å²) in [5.74, 6) is -1.50. The van der Waals surface area contributed by atoms with E-state index in [1.165, 1.54) is 116 Å². The number of quaternary nitrogens is 1. The van der Waals surface area contributed by atoms with Crippen molar-refractivity contribution in [2.75, 3.05) is 41.0 Å². The van der Waals surface area contributed by atoms with Gasteiger partial charge in [0.15, 0.2) is 12.1 Å². The molecule has 0 spiro atoms. The van der Waals surface area contributed by atoms with Crippen molar-refractivity contribution >= 4 is 17.9 Å². The van der Waals surface area contributed by atoms with Gasteiger partial charge >= 0.3 is 17.9 Å². The Balaban J connectivity index is 4.25. The molecule has 0 aliphatic rings. The number of hydrogen-bond acceptors (Lipinski definition) is 6. The SMILES string of the molecule is CC/C=C/C/C=C/C/C=C/C/C=C/C/C=C/C/C=C/CCCCCCC(=O)OCC(COCCC(C(=O)O)[N+](C)(C)C)OC(=O)CCCCCCCCC/C=C/CCCCCCCCCCCCCC. The average Bonchev–Trinajstić information content (AvgIpc) is 3.33. The smallest absolute Gasteiger partial charge is 0.362 e. The Morgan fingerprint density at radius 3 is 1.20 bits per heavy atom. The molecule has 0 saturated heterocycles. The summed E-state index contributed by atoms with van der Waals surface area (Å²) >= 11 is 0. The molecular formula is C62H108NO7+. The van der Waals surface area contributed by atoms with Gasteiger partial charge < -0.3 is 23.8 Å². The van der Waals surface area contributed by atoms with Crippen molar-refractivity contribution in [2.24, 2.45) is 0 Å². The van der Waals surface area contributed by atoms with Crippen LogP contribution in [0.2, 0.25) is 0 Å². The lowest BCUT2D eigenvalue weighted by Crippen LogP contribution is -2.50. The molecule has 8 nitrogen and oxygen atoms in total. The number of allylic oxidation sites excluding steroid dienone is 14. The van der Waals surface area contributed by atoms with E-state index in [0.717, 1.165) is 89.9 Å². The van der Waals surface area contributed by atoms with Crippen molar-refractivity contribution < 1.29 is 38.2 Å². The summed E-state index contributed by atoms with van der Waals surface area (Å²) in [5, 5.41) is 9.68. The summed E-state index contributed by atoms with van der Waals surface area (Å²) in [5.41, 5.74) is 0. The number of hydrogen-bond donors (Lipinski definition) is 1. The number of aliphatic carboxylic acids is 1. The van der Waals surface area contributed by atoms with Crippen molar-refractivity contribution in [1.82, 2.24) is 0 Å². The Morgan fingerprint density at radius 1 is 0.443 bits per heavy atom. The topological polar surface area (TPSA) is 99.1 Å². The quantitative estimate of drug-likeness (QED) is 0.0280. The molecule has 0 saturated carbocycles. The van der Waals surface area contributed by atoms with Crippen LogP contribution in [0.25, 0.3) is 0 Å². The Labute approximate surface area is 431 Å². The number of nitrogens with zero attached hydrogens (tertiary/aromatic N) is 1. The van der Waals surface area contributed by atoms with Gasteiger partial charge in [-0.1, -0.05) is 214 Å². The fourth-order valence-electron chi connectivity index (χ4n) is 8.15.